The van der Waals surface area contributed by atoms with E-state index in [0.717, 1.165) is 33.0 Å². The van der Waals surface area contributed by atoms with Gasteiger partial charge in [0.2, 0.25) is 5.60 Å². The number of esters is 1. The molecule has 0 spiro atoms. The standard InChI is InChI=1S/C46H63NO9Si3/c1-43(2,3)58(36-22-14-10-15-23-36,37-24-16-11-17-25-37)54-33-41-45(50,46(51,42(49)55-41)40(32-48)53-35-52-30-31-57(7,8)9)34-47-56-59(44(4,5)6,38-26-18-12-19-27-38)39-28-20-13-21-29-39/h10-29,34,40-41,48,50-51H,30-33,35H2,1-9H3/b47-34+/t40-,41-,45+,46+/m1/s1. The highest BCUT2D eigenvalue weighted by molar-refractivity contribution is 7.00. The van der Waals surface area contributed by atoms with Gasteiger partial charge in [0.25, 0.3) is 8.32 Å². The zero-order valence-corrected chi connectivity index (χ0v) is 39.1. The lowest BCUT2D eigenvalue weighted by atomic mass is 9.78. The monoisotopic (exact) mass is 857 g/mol. The number of aliphatic hydroxyl groups excluding tert-OH is 1. The zero-order chi connectivity index (χ0) is 43.2. The molecule has 1 saturated heterocycles. The molecule has 318 valence electrons. The Kier molecular flexibility index (Phi) is 14.5. The van der Waals surface area contributed by atoms with E-state index in [4.69, 9.17) is 23.2 Å². The topological polar surface area (TPSA) is 136 Å². The second kappa shape index (κ2) is 18.5. The van der Waals surface area contributed by atoms with E-state index < -0.39 is 70.8 Å². The van der Waals surface area contributed by atoms with Gasteiger partial charge in [0, 0.05) is 19.7 Å². The lowest BCUT2D eigenvalue weighted by Crippen LogP contribution is -2.70. The first-order chi connectivity index (χ1) is 27.8. The van der Waals surface area contributed by atoms with Crippen molar-refractivity contribution in [2.75, 3.05) is 26.6 Å². The Bertz CT molecular complexity index is 1890. The van der Waals surface area contributed by atoms with Crippen molar-refractivity contribution < 1.29 is 43.3 Å². The third kappa shape index (κ3) is 9.28. The van der Waals surface area contributed by atoms with Crippen LogP contribution in [0.25, 0.3) is 0 Å². The van der Waals surface area contributed by atoms with Crippen molar-refractivity contribution in [1.82, 2.24) is 0 Å². The summed E-state index contributed by atoms with van der Waals surface area (Å²) in [7, 11) is -8.01. The average molecular weight is 858 g/mol. The second-order valence-corrected chi connectivity index (χ2v) is 32.8. The fourth-order valence-corrected chi connectivity index (χ4v) is 17.5. The minimum atomic E-state index is -3.32. The predicted molar refractivity (Wildman–Crippen MR) is 241 cm³/mol. The SMILES string of the molecule is CC(C)(C)[Si](OC[C@H]1OC(=O)[C@@](O)([C@@H](CO)OCOCC[Si](C)(C)C)[C@]1(O)/C=N/O[Si](c1ccccc1)(c1ccccc1)C(C)(C)C)(c1ccccc1)c1ccccc1. The lowest BCUT2D eigenvalue weighted by Gasteiger charge is -2.44. The molecular weight excluding hydrogens is 795 g/mol. The molecule has 1 fully saturated rings. The fourth-order valence-electron chi connectivity index (χ4n) is 8.09. The van der Waals surface area contributed by atoms with E-state index in [1.807, 2.05) is 121 Å². The summed E-state index contributed by atoms with van der Waals surface area (Å²) in [5, 5.41) is 43.8. The summed E-state index contributed by atoms with van der Waals surface area (Å²) in [5.41, 5.74) is -5.49. The summed E-state index contributed by atoms with van der Waals surface area (Å²) in [6.07, 6.45) is -2.16. The van der Waals surface area contributed by atoms with Crippen molar-refractivity contribution in [3.63, 3.8) is 0 Å². The van der Waals surface area contributed by atoms with Gasteiger partial charge in [-0.1, -0.05) is 183 Å². The molecular formula is C46H63NO9Si3. The van der Waals surface area contributed by atoms with Crippen molar-refractivity contribution >= 4 is 57.6 Å². The normalized spacial score (nSPS) is 21.1. The van der Waals surface area contributed by atoms with Crippen molar-refractivity contribution in [3.05, 3.63) is 121 Å². The molecule has 0 aromatic heterocycles. The summed E-state index contributed by atoms with van der Waals surface area (Å²) < 4.78 is 31.5. The first-order valence-corrected chi connectivity index (χ1v) is 27.8. The van der Waals surface area contributed by atoms with Gasteiger partial charge in [-0.2, -0.15) is 0 Å². The molecule has 3 N–H and O–H groups in total. The minimum Gasteiger partial charge on any atom is -0.454 e. The highest BCUT2D eigenvalue weighted by atomic mass is 28.4. The molecule has 4 atom stereocenters. The van der Waals surface area contributed by atoms with Gasteiger partial charge in [-0.05, 0) is 31.8 Å². The van der Waals surface area contributed by atoms with Crippen LogP contribution in [-0.2, 0) is 28.0 Å². The number of hydrogen-bond donors (Lipinski definition) is 3. The molecule has 4 aromatic carbocycles. The number of aliphatic hydroxyl groups is 3. The molecule has 1 heterocycles. The van der Waals surface area contributed by atoms with Crippen molar-refractivity contribution in [2.24, 2.45) is 5.16 Å². The lowest BCUT2D eigenvalue weighted by molar-refractivity contribution is -0.210. The molecule has 5 rings (SSSR count). The van der Waals surface area contributed by atoms with Crippen LogP contribution in [0.1, 0.15) is 41.5 Å². The van der Waals surface area contributed by atoms with Gasteiger partial charge in [-0.3, -0.25) is 0 Å². The van der Waals surface area contributed by atoms with Gasteiger partial charge in [-0.15, -0.1) is 5.16 Å². The van der Waals surface area contributed by atoms with E-state index in [1.165, 1.54) is 0 Å². The second-order valence-electron chi connectivity index (χ2n) is 18.6. The van der Waals surface area contributed by atoms with E-state index >= 15 is 0 Å². The molecule has 0 bridgehead atoms. The summed E-state index contributed by atoms with van der Waals surface area (Å²) >= 11 is 0. The smallest absolute Gasteiger partial charge is 0.354 e. The van der Waals surface area contributed by atoms with Crippen LogP contribution in [-0.4, -0.2) is 102 Å². The summed E-state index contributed by atoms with van der Waals surface area (Å²) in [4.78, 5) is 14.2. The molecule has 13 heteroatoms. The van der Waals surface area contributed by atoms with Crippen LogP contribution in [0, 0.1) is 0 Å². The first-order valence-electron chi connectivity index (χ1n) is 20.3. The molecule has 0 unspecified atom stereocenters. The Morgan fingerprint density at radius 2 is 1.15 bits per heavy atom. The Labute approximate surface area is 353 Å². The third-order valence-corrected chi connectivity index (χ3v) is 22.9. The van der Waals surface area contributed by atoms with E-state index in [9.17, 15) is 20.1 Å². The Morgan fingerprint density at radius 1 is 0.729 bits per heavy atom. The largest absolute Gasteiger partial charge is 0.454 e. The Morgan fingerprint density at radius 3 is 1.54 bits per heavy atom. The van der Waals surface area contributed by atoms with E-state index in [-0.39, 0.29) is 13.4 Å². The molecule has 1 aliphatic heterocycles. The number of hydrogen-bond acceptors (Lipinski definition) is 10. The molecule has 0 amide bonds. The average Bonchev–Trinajstić information content (AvgIpc) is 3.38. The summed E-state index contributed by atoms with van der Waals surface area (Å²) in [6, 6.07) is 40.4. The fraction of sp³-hybridized carbons (Fsp3) is 0.435. The first kappa shape index (κ1) is 46.3. The molecule has 0 aliphatic carbocycles. The Balaban J connectivity index is 1.62. The van der Waals surface area contributed by atoms with Gasteiger partial charge in [0.1, 0.15) is 12.9 Å². The van der Waals surface area contributed by atoms with Crippen LogP contribution < -0.4 is 20.7 Å². The van der Waals surface area contributed by atoms with Gasteiger partial charge >= 0.3 is 14.3 Å². The number of carbonyl (C=O) groups is 1. The Hall–Kier alpha value is -3.77. The van der Waals surface area contributed by atoms with Crippen LogP contribution in [0.15, 0.2) is 126 Å². The van der Waals surface area contributed by atoms with Gasteiger partial charge in [-0.25, -0.2) is 4.79 Å². The number of oxime groups is 1. The number of nitrogens with zero attached hydrogens (tertiary/aromatic N) is 1. The summed E-state index contributed by atoms with van der Waals surface area (Å²) in [6.45, 7) is 18.1. The maximum atomic E-state index is 14.2. The van der Waals surface area contributed by atoms with E-state index in [2.05, 4.69) is 66.3 Å². The van der Waals surface area contributed by atoms with Crippen molar-refractivity contribution in [1.29, 1.82) is 0 Å². The van der Waals surface area contributed by atoms with Crippen molar-refractivity contribution in [3.8, 4) is 0 Å². The van der Waals surface area contributed by atoms with Crippen LogP contribution in [0.5, 0.6) is 0 Å². The molecule has 1 aliphatic rings. The maximum Gasteiger partial charge on any atom is 0.354 e. The molecule has 0 radical (unpaired) electrons. The zero-order valence-electron chi connectivity index (χ0n) is 36.1. The number of carbonyl (C=O) groups excluding carboxylic acids is 1. The van der Waals surface area contributed by atoms with Gasteiger partial charge in [0.15, 0.2) is 11.7 Å². The molecule has 10 nitrogen and oxygen atoms in total. The molecule has 59 heavy (non-hydrogen) atoms. The van der Waals surface area contributed by atoms with Crippen LogP contribution in [0.3, 0.4) is 0 Å². The van der Waals surface area contributed by atoms with Gasteiger partial charge in [0.05, 0.1) is 19.4 Å². The van der Waals surface area contributed by atoms with Crippen molar-refractivity contribution in [2.45, 2.75) is 101 Å². The number of cyclic esters (lactones) is 1. The quantitative estimate of drug-likeness (QED) is 0.0308. The van der Waals surface area contributed by atoms with Crippen LogP contribution in [0.2, 0.25) is 35.8 Å². The predicted octanol–water partition coefficient (Wildman–Crippen LogP) is 5.20. The number of ether oxygens (including phenoxy) is 3. The number of benzene rings is 4. The van der Waals surface area contributed by atoms with E-state index in [0.29, 0.717) is 6.61 Å². The highest BCUT2D eigenvalue weighted by Crippen LogP contribution is 2.43. The van der Waals surface area contributed by atoms with Gasteiger partial charge < -0.3 is 38.5 Å². The summed E-state index contributed by atoms with van der Waals surface area (Å²) in [5.74, 6) is -1.20. The third-order valence-electron chi connectivity index (χ3n) is 11.4. The minimum absolute atomic E-state index is 0.339. The molecule has 0 saturated carbocycles. The van der Waals surface area contributed by atoms with Crippen LogP contribution in [0.4, 0.5) is 0 Å². The maximum absolute atomic E-state index is 14.2. The van der Waals surface area contributed by atoms with Crippen LogP contribution >= 0.6 is 0 Å². The van der Waals surface area contributed by atoms with E-state index in [1.54, 1.807) is 0 Å². The highest BCUT2D eigenvalue weighted by Gasteiger charge is 2.71. The number of rotatable bonds is 18. The molecule has 4 aromatic rings.